The molecule has 0 spiro atoms. The van der Waals surface area contributed by atoms with Crippen molar-refractivity contribution in [2.45, 2.75) is 45.8 Å². The molecule has 1 aliphatic rings. The van der Waals surface area contributed by atoms with Crippen molar-refractivity contribution in [2.75, 3.05) is 5.32 Å². The van der Waals surface area contributed by atoms with Crippen molar-refractivity contribution in [2.24, 2.45) is 0 Å². The minimum Gasteiger partial charge on any atom is -0.399 e. The van der Waals surface area contributed by atoms with E-state index in [0.29, 0.717) is 5.69 Å². The van der Waals surface area contributed by atoms with E-state index in [4.69, 9.17) is 9.31 Å². The second kappa shape index (κ2) is 5.52. The van der Waals surface area contributed by atoms with E-state index in [9.17, 15) is 9.18 Å². The van der Waals surface area contributed by atoms with Crippen molar-refractivity contribution in [1.29, 1.82) is 0 Å². The van der Waals surface area contributed by atoms with Crippen molar-refractivity contribution in [3.05, 3.63) is 36.2 Å². The number of benzene rings is 1. The van der Waals surface area contributed by atoms with E-state index in [1.54, 1.807) is 12.1 Å². The lowest BCUT2D eigenvalue weighted by atomic mass is 9.76. The minimum absolute atomic E-state index is 0.414. The van der Waals surface area contributed by atoms with Gasteiger partial charge in [-0.1, -0.05) is 12.6 Å². The van der Waals surface area contributed by atoms with E-state index in [1.807, 2.05) is 40.7 Å². The van der Waals surface area contributed by atoms with Crippen LogP contribution in [0.3, 0.4) is 0 Å². The van der Waals surface area contributed by atoms with E-state index in [0.717, 1.165) is 11.0 Å². The van der Waals surface area contributed by atoms with Gasteiger partial charge in [-0.15, -0.1) is 0 Å². The SMILES string of the molecule is C=C(F)C(=O)Nc1ccc(B2OC(C)(C)C(C)(C)O2)c(C)c1. The van der Waals surface area contributed by atoms with Gasteiger partial charge in [-0.3, -0.25) is 4.79 Å². The van der Waals surface area contributed by atoms with Crippen LogP contribution in [0.15, 0.2) is 30.6 Å². The first kappa shape index (κ1) is 16.7. The molecule has 1 saturated heterocycles. The number of hydrogen-bond donors (Lipinski definition) is 1. The first-order valence-electron chi connectivity index (χ1n) is 7.15. The van der Waals surface area contributed by atoms with Gasteiger partial charge in [-0.05, 0) is 57.8 Å². The van der Waals surface area contributed by atoms with Gasteiger partial charge in [0.15, 0.2) is 5.83 Å². The Morgan fingerprint density at radius 1 is 1.23 bits per heavy atom. The Balaban J connectivity index is 2.21. The van der Waals surface area contributed by atoms with Crippen LogP contribution in [0.2, 0.25) is 0 Å². The first-order chi connectivity index (χ1) is 10.0. The molecule has 0 radical (unpaired) electrons. The standard InChI is InChI=1S/C16H21BFNO3/c1-10-9-12(19-14(20)11(2)18)7-8-13(10)17-21-15(3,4)16(5,6)22-17/h7-9H,2H2,1,3-6H3,(H,19,20). The Morgan fingerprint density at radius 2 is 1.77 bits per heavy atom. The third kappa shape index (κ3) is 3.08. The number of nitrogens with one attached hydrogen (secondary N) is 1. The average molecular weight is 305 g/mol. The van der Waals surface area contributed by atoms with E-state index in [2.05, 4.69) is 11.9 Å². The lowest BCUT2D eigenvalue weighted by Gasteiger charge is -2.32. The summed E-state index contributed by atoms with van der Waals surface area (Å²) in [5, 5.41) is 2.44. The predicted molar refractivity (Wildman–Crippen MR) is 85.8 cm³/mol. The van der Waals surface area contributed by atoms with Gasteiger partial charge >= 0.3 is 7.12 Å². The van der Waals surface area contributed by atoms with E-state index < -0.39 is 30.1 Å². The second-order valence-corrected chi connectivity index (χ2v) is 6.52. The highest BCUT2D eigenvalue weighted by Gasteiger charge is 2.52. The zero-order chi connectivity index (χ0) is 16.7. The van der Waals surface area contributed by atoms with Crippen molar-refractivity contribution >= 4 is 24.2 Å². The van der Waals surface area contributed by atoms with Crippen LogP contribution >= 0.6 is 0 Å². The van der Waals surface area contributed by atoms with Crippen molar-refractivity contribution in [3.63, 3.8) is 0 Å². The number of carbonyl (C=O) groups excluding carboxylic acids is 1. The van der Waals surface area contributed by atoms with Crippen molar-refractivity contribution < 1.29 is 18.5 Å². The van der Waals surface area contributed by atoms with Crippen LogP contribution in [0.1, 0.15) is 33.3 Å². The Morgan fingerprint density at radius 3 is 2.23 bits per heavy atom. The maximum absolute atomic E-state index is 12.7. The van der Waals surface area contributed by atoms with Gasteiger partial charge in [0.1, 0.15) is 0 Å². The lowest BCUT2D eigenvalue weighted by molar-refractivity contribution is -0.114. The molecule has 1 amide bonds. The van der Waals surface area contributed by atoms with Crippen LogP contribution in [0, 0.1) is 6.92 Å². The first-order valence-corrected chi connectivity index (χ1v) is 7.15. The summed E-state index contributed by atoms with van der Waals surface area (Å²) in [5.41, 5.74) is 1.45. The van der Waals surface area contributed by atoms with Gasteiger partial charge < -0.3 is 14.6 Å². The van der Waals surface area contributed by atoms with E-state index >= 15 is 0 Å². The molecule has 1 heterocycles. The van der Waals surface area contributed by atoms with E-state index in [1.165, 1.54) is 0 Å². The summed E-state index contributed by atoms with van der Waals surface area (Å²) >= 11 is 0. The largest absolute Gasteiger partial charge is 0.495 e. The summed E-state index contributed by atoms with van der Waals surface area (Å²) in [6.07, 6.45) is 0. The normalized spacial score (nSPS) is 19.1. The Hall–Kier alpha value is -1.66. The molecule has 4 nitrogen and oxygen atoms in total. The van der Waals surface area contributed by atoms with Crippen LogP contribution in [0.25, 0.3) is 0 Å². The number of hydrogen-bond acceptors (Lipinski definition) is 3. The van der Waals surface area contributed by atoms with Crippen LogP contribution in [-0.4, -0.2) is 24.2 Å². The summed E-state index contributed by atoms with van der Waals surface area (Å²) in [7, 11) is -0.467. The molecule has 1 fully saturated rings. The molecule has 1 aromatic carbocycles. The highest BCUT2D eigenvalue weighted by molar-refractivity contribution is 6.62. The molecule has 118 valence electrons. The molecule has 1 aromatic rings. The summed E-state index contributed by atoms with van der Waals surface area (Å²) in [6, 6.07) is 5.25. The zero-order valence-electron chi connectivity index (χ0n) is 13.6. The van der Waals surface area contributed by atoms with Crippen LogP contribution in [-0.2, 0) is 14.1 Å². The molecule has 0 bridgehead atoms. The molecule has 0 aliphatic carbocycles. The number of rotatable bonds is 3. The quantitative estimate of drug-likeness (QED) is 0.690. The molecule has 0 aromatic heterocycles. The molecule has 1 aliphatic heterocycles. The summed E-state index contributed by atoms with van der Waals surface area (Å²) in [5.74, 6) is -1.87. The van der Waals surface area contributed by atoms with Gasteiger partial charge in [0.2, 0.25) is 0 Å². The Labute approximate surface area is 130 Å². The Bertz CT molecular complexity index is 612. The zero-order valence-corrected chi connectivity index (χ0v) is 13.6. The molecular weight excluding hydrogens is 284 g/mol. The number of halogens is 1. The fourth-order valence-electron chi connectivity index (χ4n) is 2.19. The predicted octanol–water partition coefficient (Wildman–Crippen LogP) is 2.72. The highest BCUT2D eigenvalue weighted by Crippen LogP contribution is 2.36. The fraction of sp³-hybridized carbons (Fsp3) is 0.438. The topological polar surface area (TPSA) is 47.6 Å². The number of aryl methyl sites for hydroxylation is 1. The second-order valence-electron chi connectivity index (χ2n) is 6.52. The lowest BCUT2D eigenvalue weighted by Crippen LogP contribution is -2.41. The maximum Gasteiger partial charge on any atom is 0.495 e. The van der Waals surface area contributed by atoms with Gasteiger partial charge in [-0.25, -0.2) is 4.39 Å². The Kier molecular flexibility index (Phi) is 4.19. The van der Waals surface area contributed by atoms with Gasteiger partial charge in [-0.2, -0.15) is 0 Å². The highest BCUT2D eigenvalue weighted by atomic mass is 19.1. The third-order valence-electron chi connectivity index (χ3n) is 4.28. The fourth-order valence-corrected chi connectivity index (χ4v) is 2.19. The molecule has 0 unspecified atom stereocenters. The molecule has 0 atom stereocenters. The monoisotopic (exact) mass is 305 g/mol. The number of amides is 1. The molecule has 0 saturated carbocycles. The molecule has 22 heavy (non-hydrogen) atoms. The molecular formula is C16H21BFNO3. The summed E-state index contributed by atoms with van der Waals surface area (Å²) in [4.78, 5) is 11.3. The minimum atomic E-state index is -1.02. The average Bonchev–Trinajstić information content (AvgIpc) is 2.58. The maximum atomic E-state index is 12.7. The van der Waals surface area contributed by atoms with E-state index in [-0.39, 0.29) is 0 Å². The molecule has 1 N–H and O–H groups in total. The van der Waals surface area contributed by atoms with Crippen molar-refractivity contribution in [3.8, 4) is 0 Å². The van der Waals surface area contributed by atoms with Gasteiger partial charge in [0.05, 0.1) is 11.2 Å². The number of anilines is 1. The van der Waals surface area contributed by atoms with Gasteiger partial charge in [0, 0.05) is 5.69 Å². The third-order valence-corrected chi connectivity index (χ3v) is 4.28. The molecule has 6 heteroatoms. The summed E-state index contributed by atoms with van der Waals surface area (Å²) in [6.45, 7) is 12.8. The number of carbonyl (C=O) groups is 1. The van der Waals surface area contributed by atoms with Gasteiger partial charge in [0.25, 0.3) is 5.91 Å². The van der Waals surface area contributed by atoms with Crippen molar-refractivity contribution in [1.82, 2.24) is 0 Å². The van der Waals surface area contributed by atoms with Crippen LogP contribution in [0.5, 0.6) is 0 Å². The molecule has 2 rings (SSSR count). The smallest absolute Gasteiger partial charge is 0.399 e. The van der Waals surface area contributed by atoms with Crippen LogP contribution < -0.4 is 10.8 Å². The van der Waals surface area contributed by atoms with Crippen LogP contribution in [0.4, 0.5) is 10.1 Å². The summed E-state index contributed by atoms with van der Waals surface area (Å²) < 4.78 is 24.7.